The second-order valence-electron chi connectivity index (χ2n) is 6.50. The van der Waals surface area contributed by atoms with Gasteiger partial charge in [-0.15, -0.1) is 0 Å². The number of anilines is 1. The first-order valence-electron chi connectivity index (χ1n) is 9.18. The van der Waals surface area contributed by atoms with Crippen molar-refractivity contribution in [1.29, 1.82) is 0 Å². The standard InChI is InChI=1S/C23H17ClFN3O2/c24-17-7-4-8-19(13-17)26-23(29)22-21(30-15-16-5-2-1-3-6-16)14-28(27-22)20-11-9-18(25)10-12-20/h1-14H,15H2,(H,26,29). The van der Waals surface area contributed by atoms with Gasteiger partial charge in [-0.2, -0.15) is 5.10 Å². The molecule has 0 aliphatic carbocycles. The van der Waals surface area contributed by atoms with Gasteiger partial charge in [-0.05, 0) is 48.0 Å². The van der Waals surface area contributed by atoms with Crippen molar-refractivity contribution in [3.63, 3.8) is 0 Å². The van der Waals surface area contributed by atoms with Crippen molar-refractivity contribution in [2.75, 3.05) is 5.32 Å². The second-order valence-corrected chi connectivity index (χ2v) is 6.94. The third-order valence-corrected chi connectivity index (χ3v) is 4.54. The Morgan fingerprint density at radius 3 is 2.53 bits per heavy atom. The number of aromatic nitrogens is 2. The molecule has 4 rings (SSSR count). The van der Waals surface area contributed by atoms with Crippen LogP contribution in [0.1, 0.15) is 16.1 Å². The number of hydrogen-bond donors (Lipinski definition) is 1. The first kappa shape index (κ1) is 19.7. The van der Waals surface area contributed by atoms with Crippen LogP contribution in [-0.4, -0.2) is 15.7 Å². The zero-order valence-electron chi connectivity index (χ0n) is 15.8. The highest BCUT2D eigenvalue weighted by molar-refractivity contribution is 6.31. The Hall–Kier alpha value is -3.64. The van der Waals surface area contributed by atoms with E-state index in [9.17, 15) is 9.18 Å². The minimum absolute atomic E-state index is 0.107. The second kappa shape index (κ2) is 8.80. The van der Waals surface area contributed by atoms with E-state index in [4.69, 9.17) is 16.3 Å². The van der Waals surface area contributed by atoms with Crippen LogP contribution in [0.4, 0.5) is 10.1 Å². The van der Waals surface area contributed by atoms with Gasteiger partial charge in [0.25, 0.3) is 5.91 Å². The zero-order chi connectivity index (χ0) is 20.9. The highest BCUT2D eigenvalue weighted by Gasteiger charge is 2.19. The van der Waals surface area contributed by atoms with Gasteiger partial charge in [-0.25, -0.2) is 9.07 Å². The number of nitrogens with one attached hydrogen (secondary N) is 1. The number of ether oxygens (including phenoxy) is 1. The molecule has 0 saturated carbocycles. The monoisotopic (exact) mass is 421 g/mol. The molecule has 0 unspecified atom stereocenters. The molecule has 0 bridgehead atoms. The molecule has 30 heavy (non-hydrogen) atoms. The summed E-state index contributed by atoms with van der Waals surface area (Å²) in [6.45, 7) is 0.271. The lowest BCUT2D eigenvalue weighted by Crippen LogP contribution is -2.14. The average Bonchev–Trinajstić information content (AvgIpc) is 3.18. The molecule has 0 fully saturated rings. The lowest BCUT2D eigenvalue weighted by Gasteiger charge is -2.07. The first-order chi connectivity index (χ1) is 14.6. The van der Waals surface area contributed by atoms with Crippen LogP contribution >= 0.6 is 11.6 Å². The number of hydrogen-bond acceptors (Lipinski definition) is 3. The van der Waals surface area contributed by atoms with Crippen LogP contribution < -0.4 is 10.1 Å². The minimum Gasteiger partial charge on any atom is -0.485 e. The Bertz CT molecular complexity index is 1160. The number of rotatable bonds is 6. The van der Waals surface area contributed by atoms with Gasteiger partial charge in [0.1, 0.15) is 12.4 Å². The first-order valence-corrected chi connectivity index (χ1v) is 9.55. The van der Waals surface area contributed by atoms with Gasteiger partial charge in [0, 0.05) is 10.7 Å². The van der Waals surface area contributed by atoms with E-state index in [0.29, 0.717) is 22.1 Å². The summed E-state index contributed by atoms with van der Waals surface area (Å²) in [5.41, 5.74) is 2.20. The molecule has 1 heterocycles. The summed E-state index contributed by atoms with van der Waals surface area (Å²) in [4.78, 5) is 12.9. The van der Waals surface area contributed by atoms with Crippen molar-refractivity contribution in [3.05, 3.63) is 107 Å². The molecule has 1 amide bonds. The Balaban J connectivity index is 1.63. The SMILES string of the molecule is O=C(Nc1cccc(Cl)c1)c1nn(-c2ccc(F)cc2)cc1OCc1ccccc1. The van der Waals surface area contributed by atoms with Crippen molar-refractivity contribution < 1.29 is 13.9 Å². The summed E-state index contributed by atoms with van der Waals surface area (Å²) >= 11 is 5.99. The summed E-state index contributed by atoms with van der Waals surface area (Å²) in [5.74, 6) is -0.491. The van der Waals surface area contributed by atoms with Gasteiger partial charge in [0.2, 0.25) is 0 Å². The molecule has 7 heteroatoms. The van der Waals surface area contributed by atoms with E-state index in [1.807, 2.05) is 30.3 Å². The molecule has 0 aliphatic rings. The maximum atomic E-state index is 13.3. The van der Waals surface area contributed by atoms with E-state index >= 15 is 0 Å². The van der Waals surface area contributed by atoms with Gasteiger partial charge < -0.3 is 10.1 Å². The molecule has 150 valence electrons. The van der Waals surface area contributed by atoms with Crippen molar-refractivity contribution in [2.24, 2.45) is 0 Å². The predicted octanol–water partition coefficient (Wildman–Crippen LogP) is 5.50. The fraction of sp³-hybridized carbons (Fsp3) is 0.0435. The maximum Gasteiger partial charge on any atom is 0.280 e. The quantitative estimate of drug-likeness (QED) is 0.447. The van der Waals surface area contributed by atoms with Crippen LogP contribution in [0.2, 0.25) is 5.02 Å². The van der Waals surface area contributed by atoms with Gasteiger partial charge in [-0.1, -0.05) is 48.0 Å². The lowest BCUT2D eigenvalue weighted by atomic mass is 10.2. The summed E-state index contributed by atoms with van der Waals surface area (Å²) in [6, 6.07) is 22.2. The van der Waals surface area contributed by atoms with Crippen molar-refractivity contribution >= 4 is 23.2 Å². The topological polar surface area (TPSA) is 56.2 Å². The average molecular weight is 422 g/mol. The number of halogens is 2. The van der Waals surface area contributed by atoms with Gasteiger partial charge in [0.05, 0.1) is 11.9 Å². The van der Waals surface area contributed by atoms with Crippen LogP contribution in [0.3, 0.4) is 0 Å². The number of amides is 1. The summed E-state index contributed by atoms with van der Waals surface area (Å²) in [7, 11) is 0. The van der Waals surface area contributed by atoms with Crippen LogP contribution in [0.25, 0.3) is 5.69 Å². The third kappa shape index (κ3) is 4.67. The van der Waals surface area contributed by atoms with E-state index in [1.165, 1.54) is 16.8 Å². The molecular weight excluding hydrogens is 405 g/mol. The molecule has 0 spiro atoms. The lowest BCUT2D eigenvalue weighted by molar-refractivity contribution is 0.101. The normalized spacial score (nSPS) is 10.6. The molecule has 0 radical (unpaired) electrons. The summed E-state index contributed by atoms with van der Waals surface area (Å²) in [6.07, 6.45) is 1.60. The number of carbonyl (C=O) groups is 1. The molecule has 1 aromatic heterocycles. The fourth-order valence-electron chi connectivity index (χ4n) is 2.84. The molecule has 1 N–H and O–H groups in total. The number of benzene rings is 3. The van der Waals surface area contributed by atoms with E-state index in [1.54, 1.807) is 42.6 Å². The predicted molar refractivity (Wildman–Crippen MR) is 114 cm³/mol. The van der Waals surface area contributed by atoms with E-state index in [-0.39, 0.29) is 18.1 Å². The Labute approximate surface area is 177 Å². The highest BCUT2D eigenvalue weighted by Crippen LogP contribution is 2.23. The Kier molecular flexibility index (Phi) is 5.77. The van der Waals surface area contributed by atoms with E-state index < -0.39 is 5.91 Å². The van der Waals surface area contributed by atoms with Crippen molar-refractivity contribution in [3.8, 4) is 11.4 Å². The zero-order valence-corrected chi connectivity index (χ0v) is 16.5. The van der Waals surface area contributed by atoms with E-state index in [0.717, 1.165) is 5.56 Å². The number of nitrogens with zero attached hydrogens (tertiary/aromatic N) is 2. The fourth-order valence-corrected chi connectivity index (χ4v) is 3.03. The number of carbonyl (C=O) groups excluding carboxylic acids is 1. The molecule has 3 aromatic carbocycles. The Morgan fingerprint density at radius 1 is 1.03 bits per heavy atom. The maximum absolute atomic E-state index is 13.3. The Morgan fingerprint density at radius 2 is 1.80 bits per heavy atom. The summed E-state index contributed by atoms with van der Waals surface area (Å²) in [5, 5.41) is 7.64. The molecule has 4 aromatic rings. The molecule has 5 nitrogen and oxygen atoms in total. The molecule has 0 saturated heterocycles. The van der Waals surface area contributed by atoms with Crippen LogP contribution in [0.15, 0.2) is 85.1 Å². The van der Waals surface area contributed by atoms with Crippen molar-refractivity contribution in [2.45, 2.75) is 6.61 Å². The van der Waals surface area contributed by atoms with Crippen molar-refractivity contribution in [1.82, 2.24) is 9.78 Å². The molecular formula is C23H17ClFN3O2. The smallest absolute Gasteiger partial charge is 0.280 e. The van der Waals surface area contributed by atoms with Crippen LogP contribution in [0, 0.1) is 5.82 Å². The van der Waals surface area contributed by atoms with Gasteiger partial charge in [-0.3, -0.25) is 4.79 Å². The summed E-state index contributed by atoms with van der Waals surface area (Å²) < 4.78 is 20.6. The van der Waals surface area contributed by atoms with Gasteiger partial charge in [0.15, 0.2) is 11.4 Å². The van der Waals surface area contributed by atoms with Crippen LogP contribution in [-0.2, 0) is 6.61 Å². The molecule has 0 atom stereocenters. The largest absolute Gasteiger partial charge is 0.485 e. The van der Waals surface area contributed by atoms with E-state index in [2.05, 4.69) is 10.4 Å². The minimum atomic E-state index is -0.443. The molecule has 0 aliphatic heterocycles. The highest BCUT2D eigenvalue weighted by atomic mass is 35.5. The third-order valence-electron chi connectivity index (χ3n) is 4.31. The van der Waals surface area contributed by atoms with Gasteiger partial charge >= 0.3 is 0 Å². The van der Waals surface area contributed by atoms with Crippen LogP contribution in [0.5, 0.6) is 5.75 Å².